The SMILES string of the molecule is CCB(CC)/C(CC)=C(/C)CC. The minimum Gasteiger partial charge on any atom is -0.102 e. The van der Waals surface area contributed by atoms with Gasteiger partial charge in [-0.1, -0.05) is 45.9 Å². The van der Waals surface area contributed by atoms with Gasteiger partial charge in [-0.05, 0) is 19.8 Å². The van der Waals surface area contributed by atoms with E-state index < -0.39 is 0 Å². The molecule has 0 rings (SSSR count). The van der Waals surface area contributed by atoms with Crippen LogP contribution < -0.4 is 0 Å². The summed E-state index contributed by atoms with van der Waals surface area (Å²) in [5.41, 5.74) is 3.33. The summed E-state index contributed by atoms with van der Waals surface area (Å²) in [5, 5.41) is 0. The zero-order valence-electron chi connectivity index (χ0n) is 9.41. The van der Waals surface area contributed by atoms with Gasteiger partial charge in [0.25, 0.3) is 0 Å². The molecule has 0 radical (unpaired) electrons. The molecule has 0 aromatic heterocycles. The molecule has 0 nitrogen and oxygen atoms in total. The zero-order chi connectivity index (χ0) is 9.56. The number of hydrogen-bond acceptors (Lipinski definition) is 0. The van der Waals surface area contributed by atoms with Crippen LogP contribution >= 0.6 is 0 Å². The Hall–Kier alpha value is -0.195. The van der Waals surface area contributed by atoms with Crippen molar-refractivity contribution in [3.8, 4) is 0 Å². The van der Waals surface area contributed by atoms with Crippen molar-refractivity contribution in [3.63, 3.8) is 0 Å². The summed E-state index contributed by atoms with van der Waals surface area (Å²) in [4.78, 5) is 0. The Kier molecular flexibility index (Phi) is 6.23. The zero-order valence-corrected chi connectivity index (χ0v) is 9.41. The highest BCUT2D eigenvalue weighted by molar-refractivity contribution is 6.66. The van der Waals surface area contributed by atoms with Gasteiger partial charge < -0.3 is 0 Å². The fourth-order valence-corrected chi connectivity index (χ4v) is 1.95. The van der Waals surface area contributed by atoms with E-state index in [9.17, 15) is 0 Å². The third-order valence-electron chi connectivity index (χ3n) is 2.94. The predicted molar refractivity (Wildman–Crippen MR) is 60.0 cm³/mol. The monoisotopic (exact) mass is 166 g/mol. The van der Waals surface area contributed by atoms with Crippen molar-refractivity contribution < 1.29 is 0 Å². The molecule has 0 atom stereocenters. The van der Waals surface area contributed by atoms with E-state index in [0.717, 1.165) is 6.71 Å². The van der Waals surface area contributed by atoms with E-state index in [4.69, 9.17) is 0 Å². The molecule has 0 N–H and O–H groups in total. The second kappa shape index (κ2) is 6.34. The highest BCUT2D eigenvalue weighted by Gasteiger charge is 2.14. The van der Waals surface area contributed by atoms with Gasteiger partial charge in [0.05, 0.1) is 0 Å². The van der Waals surface area contributed by atoms with Crippen LogP contribution in [0.3, 0.4) is 0 Å². The van der Waals surface area contributed by atoms with Gasteiger partial charge in [-0.3, -0.25) is 0 Å². The molecule has 0 aromatic carbocycles. The van der Waals surface area contributed by atoms with Crippen LogP contribution in [-0.2, 0) is 0 Å². The van der Waals surface area contributed by atoms with Gasteiger partial charge in [-0.15, -0.1) is 5.47 Å². The Balaban J connectivity index is 4.50. The lowest BCUT2D eigenvalue weighted by Crippen LogP contribution is -2.14. The third-order valence-corrected chi connectivity index (χ3v) is 2.94. The molecule has 0 aromatic rings. The van der Waals surface area contributed by atoms with E-state index in [0.29, 0.717) is 0 Å². The quantitative estimate of drug-likeness (QED) is 0.537. The summed E-state index contributed by atoms with van der Waals surface area (Å²) in [7, 11) is 0. The maximum Gasteiger partial charge on any atom is 0.169 e. The summed E-state index contributed by atoms with van der Waals surface area (Å²) in [6, 6.07) is 0. The van der Waals surface area contributed by atoms with E-state index >= 15 is 0 Å². The maximum absolute atomic E-state index is 2.30. The molecule has 0 saturated heterocycles. The molecule has 0 aliphatic carbocycles. The molecule has 0 aliphatic heterocycles. The van der Waals surface area contributed by atoms with Gasteiger partial charge in [-0.2, -0.15) is 0 Å². The second-order valence-electron chi connectivity index (χ2n) is 3.53. The maximum atomic E-state index is 2.30. The predicted octanol–water partition coefficient (Wildman–Crippen LogP) is 4.20. The van der Waals surface area contributed by atoms with Crippen LogP contribution in [0.15, 0.2) is 11.0 Å². The minimum absolute atomic E-state index is 0.843. The Morgan fingerprint density at radius 3 is 1.67 bits per heavy atom. The lowest BCUT2D eigenvalue weighted by atomic mass is 9.39. The molecule has 0 spiro atoms. The fraction of sp³-hybridized carbons (Fsp3) is 0.818. The first-order valence-electron chi connectivity index (χ1n) is 5.39. The summed E-state index contributed by atoms with van der Waals surface area (Å²) in [6.07, 6.45) is 5.07. The van der Waals surface area contributed by atoms with E-state index in [1.165, 1.54) is 25.5 Å². The summed E-state index contributed by atoms with van der Waals surface area (Å²) < 4.78 is 0. The van der Waals surface area contributed by atoms with Crippen molar-refractivity contribution >= 4 is 6.71 Å². The van der Waals surface area contributed by atoms with Gasteiger partial charge in [-0.25, -0.2) is 0 Å². The van der Waals surface area contributed by atoms with Gasteiger partial charge in [0.2, 0.25) is 0 Å². The largest absolute Gasteiger partial charge is 0.169 e. The van der Waals surface area contributed by atoms with Crippen molar-refractivity contribution in [2.75, 3.05) is 0 Å². The Morgan fingerprint density at radius 2 is 1.42 bits per heavy atom. The first-order chi connectivity index (χ1) is 5.71. The van der Waals surface area contributed by atoms with Crippen LogP contribution in [0.4, 0.5) is 0 Å². The molecule has 0 bridgehead atoms. The van der Waals surface area contributed by atoms with E-state index in [-0.39, 0.29) is 0 Å². The molecule has 0 saturated carbocycles. The van der Waals surface area contributed by atoms with Gasteiger partial charge in [0, 0.05) is 0 Å². The topological polar surface area (TPSA) is 0 Å². The lowest BCUT2D eigenvalue weighted by Gasteiger charge is -2.15. The van der Waals surface area contributed by atoms with Crippen LogP contribution in [0.2, 0.25) is 12.6 Å². The summed E-state index contributed by atoms with van der Waals surface area (Å²) in [6.45, 7) is 12.3. The Morgan fingerprint density at radius 1 is 0.917 bits per heavy atom. The Bertz CT molecular complexity index is 143. The van der Waals surface area contributed by atoms with Crippen LogP contribution in [0.5, 0.6) is 0 Å². The van der Waals surface area contributed by atoms with Crippen LogP contribution in [0, 0.1) is 0 Å². The smallest absolute Gasteiger partial charge is 0.102 e. The normalized spacial score (nSPS) is 12.8. The number of allylic oxidation sites excluding steroid dienone is 2. The second-order valence-corrected chi connectivity index (χ2v) is 3.53. The average molecular weight is 166 g/mol. The number of hydrogen-bond donors (Lipinski definition) is 0. The molecule has 12 heavy (non-hydrogen) atoms. The van der Waals surface area contributed by atoms with Crippen LogP contribution in [0.25, 0.3) is 0 Å². The summed E-state index contributed by atoms with van der Waals surface area (Å²) >= 11 is 0. The molecule has 0 amide bonds. The summed E-state index contributed by atoms with van der Waals surface area (Å²) in [5.74, 6) is 0. The minimum atomic E-state index is 0.843. The fourth-order valence-electron chi connectivity index (χ4n) is 1.95. The van der Waals surface area contributed by atoms with E-state index in [2.05, 4.69) is 34.6 Å². The molecule has 1 heteroatoms. The molecule has 0 unspecified atom stereocenters. The van der Waals surface area contributed by atoms with E-state index in [1.807, 2.05) is 0 Å². The highest BCUT2D eigenvalue weighted by atomic mass is 14.0. The van der Waals surface area contributed by atoms with Crippen molar-refractivity contribution in [2.45, 2.75) is 60.1 Å². The van der Waals surface area contributed by atoms with Crippen molar-refractivity contribution in [2.24, 2.45) is 0 Å². The van der Waals surface area contributed by atoms with Crippen LogP contribution in [-0.4, -0.2) is 6.71 Å². The molecule has 70 valence electrons. The van der Waals surface area contributed by atoms with Gasteiger partial charge in [0.1, 0.15) is 0 Å². The molecule has 0 heterocycles. The standard InChI is InChI=1S/C11H23B/c1-6-10(5)11(7-2)12(8-3)9-4/h6-9H2,1-5H3/b11-10-. The van der Waals surface area contributed by atoms with Gasteiger partial charge in [0.15, 0.2) is 6.71 Å². The average Bonchev–Trinajstić information content (AvgIpc) is 2.12. The van der Waals surface area contributed by atoms with Crippen molar-refractivity contribution in [1.29, 1.82) is 0 Å². The van der Waals surface area contributed by atoms with E-state index in [1.54, 1.807) is 11.0 Å². The Labute approximate surface area is 78.5 Å². The van der Waals surface area contributed by atoms with Crippen LogP contribution in [0.1, 0.15) is 47.5 Å². The lowest BCUT2D eigenvalue weighted by molar-refractivity contribution is 1.02. The van der Waals surface area contributed by atoms with Crippen molar-refractivity contribution in [1.82, 2.24) is 0 Å². The highest BCUT2D eigenvalue weighted by Crippen LogP contribution is 2.19. The third kappa shape index (κ3) is 3.04. The number of rotatable bonds is 5. The first-order valence-corrected chi connectivity index (χ1v) is 5.39. The molecular weight excluding hydrogens is 143 g/mol. The first kappa shape index (κ1) is 11.8. The molecule has 0 aliphatic rings. The van der Waals surface area contributed by atoms with Crippen molar-refractivity contribution in [3.05, 3.63) is 11.0 Å². The van der Waals surface area contributed by atoms with Gasteiger partial charge >= 0.3 is 0 Å². The molecule has 0 fully saturated rings. The molecular formula is C11H23B.